The number of imidazole rings is 1. The number of sulfonamides is 1. The molecule has 11 heteroatoms. The molecule has 0 radical (unpaired) electrons. The van der Waals surface area contributed by atoms with Crippen LogP contribution in [-0.4, -0.2) is 60.4 Å². The van der Waals surface area contributed by atoms with Crippen molar-refractivity contribution in [2.24, 2.45) is 11.8 Å². The Kier molecular flexibility index (Phi) is 10.9. The van der Waals surface area contributed by atoms with Gasteiger partial charge >= 0.3 is 5.69 Å². The normalized spacial score (nSPS) is 20.6. The average Bonchev–Trinajstić information content (AvgIpc) is 3.55. The summed E-state index contributed by atoms with van der Waals surface area (Å²) in [5.74, 6) is -2.74. The third kappa shape index (κ3) is 6.54. The van der Waals surface area contributed by atoms with E-state index in [-0.39, 0.29) is 53.4 Å². The molecular weight excluding hydrogens is 691 g/mol. The molecule has 1 amide bonds. The number of hydrogen-bond acceptors (Lipinski definition) is 6. The third-order valence-electron chi connectivity index (χ3n) is 11.6. The van der Waals surface area contributed by atoms with Crippen LogP contribution in [0.25, 0.3) is 0 Å². The molecule has 9 nitrogen and oxygen atoms in total. The van der Waals surface area contributed by atoms with Gasteiger partial charge in [0.15, 0.2) is 8.32 Å². The van der Waals surface area contributed by atoms with E-state index < -0.39 is 48.0 Å². The number of carbonyl (C=O) groups excluding carboxylic acids is 1. The fourth-order valence-corrected chi connectivity index (χ4v) is 16.4. The first-order chi connectivity index (χ1) is 24.7. The summed E-state index contributed by atoms with van der Waals surface area (Å²) in [6.45, 7) is 15.2. The first-order valence-electron chi connectivity index (χ1n) is 18.5. The van der Waals surface area contributed by atoms with Gasteiger partial charge in [-0.25, -0.2) is 17.5 Å². The summed E-state index contributed by atoms with van der Waals surface area (Å²) in [7, 11) is -6.91. The van der Waals surface area contributed by atoms with Gasteiger partial charge in [-0.3, -0.25) is 13.9 Å². The molecule has 0 unspecified atom stereocenters. The van der Waals surface area contributed by atoms with E-state index in [1.54, 1.807) is 33.4 Å². The number of aryl methyl sites for hydroxylation is 1. The molecule has 1 aliphatic carbocycles. The molecule has 1 N–H and O–H groups in total. The Hall–Kier alpha value is -3.77. The van der Waals surface area contributed by atoms with Crippen LogP contribution in [0.3, 0.4) is 0 Å². The summed E-state index contributed by atoms with van der Waals surface area (Å²) in [5, 5.41) is 10.9. The fourth-order valence-electron chi connectivity index (χ4n) is 9.36. The zero-order valence-electron chi connectivity index (χ0n) is 31.4. The van der Waals surface area contributed by atoms with Crippen molar-refractivity contribution in [2.75, 3.05) is 13.2 Å². The highest BCUT2D eigenvalue weighted by Gasteiger charge is 2.60. The number of fused-ring (bicyclic) bond motifs is 3. The van der Waals surface area contributed by atoms with E-state index >= 15 is 0 Å². The summed E-state index contributed by atoms with van der Waals surface area (Å²) in [6, 6.07) is 25.1. The first kappa shape index (κ1) is 38.0. The predicted octanol–water partition coefficient (Wildman–Crippen LogP) is 6.71. The van der Waals surface area contributed by atoms with Gasteiger partial charge in [-0.05, 0) is 59.1 Å². The standard InChI is InChI=1S/C41H53N3O6SSi/c1-27(2)52(28(3)4,29(5)6)50-26-36-38-37(40(46)44(36)51(48,49)34-20-18-30(7)19-21-34)33(25-45)22-35-39(38)43(24-32-16-12-9-13-17-32)41(47)42(35)23-31-14-10-8-11-15-31/h8-21,27-29,33,36-38,45H,22-26H2,1-7H3/t33-,36+,37+,38+/m0/s1. The number of rotatable bonds is 13. The zero-order chi connectivity index (χ0) is 37.5. The van der Waals surface area contributed by atoms with Gasteiger partial charge in [0.05, 0.1) is 36.6 Å². The maximum Gasteiger partial charge on any atom is 0.329 e. The highest BCUT2D eigenvalue weighted by Crippen LogP contribution is 2.51. The van der Waals surface area contributed by atoms with Gasteiger partial charge < -0.3 is 9.53 Å². The molecule has 2 heterocycles. The molecule has 0 saturated carbocycles. The van der Waals surface area contributed by atoms with Crippen molar-refractivity contribution < 1.29 is 22.7 Å². The van der Waals surface area contributed by atoms with Gasteiger partial charge in [-0.1, -0.05) is 120 Å². The minimum Gasteiger partial charge on any atom is -0.414 e. The van der Waals surface area contributed by atoms with Gasteiger partial charge in [0.25, 0.3) is 10.0 Å². The largest absolute Gasteiger partial charge is 0.414 e. The molecule has 3 aromatic carbocycles. The van der Waals surface area contributed by atoms with E-state index in [1.807, 2.05) is 67.6 Å². The predicted molar refractivity (Wildman–Crippen MR) is 206 cm³/mol. The summed E-state index contributed by atoms with van der Waals surface area (Å²) < 4.78 is 41.3. The fraction of sp³-hybridized carbons (Fsp3) is 0.463. The molecule has 6 rings (SSSR count). The van der Waals surface area contributed by atoms with Crippen molar-refractivity contribution >= 4 is 24.2 Å². The van der Waals surface area contributed by atoms with Crippen LogP contribution in [0.15, 0.2) is 94.6 Å². The number of benzene rings is 3. The van der Waals surface area contributed by atoms with Crippen LogP contribution in [-0.2, 0) is 38.8 Å². The van der Waals surface area contributed by atoms with Crippen LogP contribution >= 0.6 is 0 Å². The van der Waals surface area contributed by atoms with Crippen LogP contribution in [0, 0.1) is 18.8 Å². The lowest BCUT2D eigenvalue weighted by Crippen LogP contribution is -2.51. The van der Waals surface area contributed by atoms with Crippen LogP contribution < -0.4 is 5.69 Å². The van der Waals surface area contributed by atoms with Crippen LogP contribution in [0.1, 0.15) is 75.5 Å². The third-order valence-corrected chi connectivity index (χ3v) is 19.6. The molecule has 2 aliphatic rings. The second kappa shape index (κ2) is 14.9. The van der Waals surface area contributed by atoms with Crippen molar-refractivity contribution in [3.8, 4) is 0 Å². The Morgan fingerprint density at radius 1 is 0.769 bits per heavy atom. The molecule has 1 aliphatic heterocycles. The number of carbonyl (C=O) groups is 1. The van der Waals surface area contributed by atoms with Crippen molar-refractivity contribution in [3.63, 3.8) is 0 Å². The Bertz CT molecular complexity index is 2020. The maximum atomic E-state index is 14.9. The smallest absolute Gasteiger partial charge is 0.329 e. The Labute approximate surface area is 309 Å². The molecule has 1 saturated heterocycles. The molecule has 4 aromatic rings. The highest BCUT2D eigenvalue weighted by molar-refractivity contribution is 7.89. The van der Waals surface area contributed by atoms with Gasteiger partial charge in [0.1, 0.15) is 0 Å². The summed E-state index contributed by atoms with van der Waals surface area (Å²) in [4.78, 5) is 29.6. The highest BCUT2D eigenvalue weighted by atomic mass is 32.2. The summed E-state index contributed by atoms with van der Waals surface area (Å²) >= 11 is 0. The molecule has 278 valence electrons. The second-order valence-electron chi connectivity index (χ2n) is 15.6. The molecule has 1 fully saturated rings. The van der Waals surface area contributed by atoms with Crippen molar-refractivity contribution in [2.45, 2.75) is 101 Å². The number of aromatic nitrogens is 2. The van der Waals surface area contributed by atoms with E-state index in [0.29, 0.717) is 12.2 Å². The van der Waals surface area contributed by atoms with Gasteiger partial charge in [-0.2, -0.15) is 0 Å². The molecular formula is C41H53N3O6SSi. The van der Waals surface area contributed by atoms with Gasteiger partial charge in [0.2, 0.25) is 5.91 Å². The minimum absolute atomic E-state index is 0.000256. The lowest BCUT2D eigenvalue weighted by Gasteiger charge is -2.44. The maximum absolute atomic E-state index is 14.9. The minimum atomic E-state index is -4.35. The first-order valence-corrected chi connectivity index (χ1v) is 22.1. The van der Waals surface area contributed by atoms with E-state index in [0.717, 1.165) is 26.7 Å². The van der Waals surface area contributed by atoms with Gasteiger partial charge in [-0.15, -0.1) is 0 Å². The van der Waals surface area contributed by atoms with Crippen molar-refractivity contribution in [1.29, 1.82) is 0 Å². The van der Waals surface area contributed by atoms with E-state index in [9.17, 15) is 23.1 Å². The number of amides is 1. The molecule has 4 atom stereocenters. The Morgan fingerprint density at radius 3 is 1.79 bits per heavy atom. The van der Waals surface area contributed by atoms with Gasteiger partial charge in [0, 0.05) is 23.9 Å². The Morgan fingerprint density at radius 2 is 1.29 bits per heavy atom. The average molecular weight is 744 g/mol. The van der Waals surface area contributed by atoms with Crippen LogP contribution in [0.2, 0.25) is 16.6 Å². The van der Waals surface area contributed by atoms with Crippen molar-refractivity contribution in [1.82, 2.24) is 13.4 Å². The van der Waals surface area contributed by atoms with Crippen LogP contribution in [0.5, 0.6) is 0 Å². The summed E-state index contributed by atoms with van der Waals surface area (Å²) in [6.07, 6.45) is 0.261. The van der Waals surface area contributed by atoms with E-state index in [2.05, 4.69) is 41.5 Å². The monoisotopic (exact) mass is 743 g/mol. The zero-order valence-corrected chi connectivity index (χ0v) is 33.2. The lowest BCUT2D eigenvalue weighted by molar-refractivity contribution is -0.129. The topological polar surface area (TPSA) is 111 Å². The molecule has 1 aromatic heterocycles. The molecule has 52 heavy (non-hydrogen) atoms. The van der Waals surface area contributed by atoms with Crippen LogP contribution in [0.4, 0.5) is 0 Å². The Balaban J connectivity index is 1.60. The van der Waals surface area contributed by atoms with E-state index in [4.69, 9.17) is 4.43 Å². The molecule has 0 bridgehead atoms. The number of aliphatic hydroxyl groups is 1. The summed E-state index contributed by atoms with van der Waals surface area (Å²) in [5.41, 5.74) is 4.59. The number of hydrogen-bond donors (Lipinski definition) is 1. The lowest BCUT2D eigenvalue weighted by atomic mass is 9.72. The quantitative estimate of drug-likeness (QED) is 0.153. The molecule has 0 spiro atoms. The van der Waals surface area contributed by atoms with Crippen molar-refractivity contribution in [3.05, 3.63) is 123 Å². The van der Waals surface area contributed by atoms with E-state index in [1.165, 1.54) is 0 Å². The second-order valence-corrected chi connectivity index (χ2v) is 22.9. The number of nitrogens with zero attached hydrogens (tertiary/aromatic N) is 3. The number of aliphatic hydroxyl groups excluding tert-OH is 1. The SMILES string of the molecule is Cc1ccc(S(=O)(=O)N2C(=O)[C@@H]3[C@H](CO)Cc4c(n(Cc5ccccc5)c(=O)n4Cc4ccccc4)[C@@H]3[C@H]2CO[Si](C(C)C)(C(C)C)C(C)C)cc1.